The number of anilines is 2. The number of amides is 3. The molecule has 0 unspecified atom stereocenters. The average molecular weight is 263 g/mol. The summed E-state index contributed by atoms with van der Waals surface area (Å²) < 4.78 is 0. The van der Waals surface area contributed by atoms with E-state index in [1.54, 1.807) is 31.2 Å². The number of benzene rings is 1. The summed E-state index contributed by atoms with van der Waals surface area (Å²) in [6, 6.07) is 6.10. The lowest BCUT2D eigenvalue weighted by atomic mass is 10.2. The highest BCUT2D eigenvalue weighted by Gasteiger charge is 2.13. The van der Waals surface area contributed by atoms with Crippen LogP contribution in [0.25, 0.3) is 0 Å². The van der Waals surface area contributed by atoms with Gasteiger partial charge in [0.25, 0.3) is 0 Å². The lowest BCUT2D eigenvalue weighted by Crippen LogP contribution is -2.40. The number of nitrogens with one attached hydrogen (secondary N) is 3. The van der Waals surface area contributed by atoms with Crippen LogP contribution in [-0.2, 0) is 14.4 Å². The van der Waals surface area contributed by atoms with Gasteiger partial charge in [0, 0.05) is 25.2 Å². The minimum absolute atomic E-state index is 0.156. The van der Waals surface area contributed by atoms with Gasteiger partial charge >= 0.3 is 0 Å². The second-order valence-electron chi connectivity index (χ2n) is 4.17. The Balaban J connectivity index is 2.60. The van der Waals surface area contributed by atoms with Crippen molar-refractivity contribution >= 4 is 29.1 Å². The molecule has 6 heteroatoms. The minimum Gasteiger partial charge on any atom is -0.345 e. The zero-order valence-electron chi connectivity index (χ0n) is 11.1. The summed E-state index contributed by atoms with van der Waals surface area (Å²) in [5.74, 6) is -0.720. The van der Waals surface area contributed by atoms with E-state index in [9.17, 15) is 14.4 Å². The molecule has 0 bridgehead atoms. The van der Waals surface area contributed by atoms with E-state index in [1.807, 2.05) is 0 Å². The van der Waals surface area contributed by atoms with Crippen molar-refractivity contribution in [3.8, 4) is 0 Å². The highest BCUT2D eigenvalue weighted by Crippen LogP contribution is 2.13. The van der Waals surface area contributed by atoms with Crippen LogP contribution in [0.1, 0.15) is 20.8 Å². The Bertz CT molecular complexity index is 482. The van der Waals surface area contributed by atoms with Gasteiger partial charge in [-0.05, 0) is 31.2 Å². The zero-order valence-corrected chi connectivity index (χ0v) is 11.1. The number of carbonyl (C=O) groups excluding carboxylic acids is 3. The summed E-state index contributed by atoms with van der Waals surface area (Å²) in [7, 11) is 0. The third-order valence-corrected chi connectivity index (χ3v) is 2.29. The Morgan fingerprint density at radius 3 is 1.79 bits per heavy atom. The minimum atomic E-state index is -0.604. The molecule has 1 atom stereocenters. The third-order valence-electron chi connectivity index (χ3n) is 2.29. The van der Waals surface area contributed by atoms with E-state index < -0.39 is 6.04 Å². The zero-order chi connectivity index (χ0) is 14.4. The molecular weight excluding hydrogens is 246 g/mol. The summed E-state index contributed by atoms with van der Waals surface area (Å²) in [5.41, 5.74) is 1.25. The number of hydrogen-bond acceptors (Lipinski definition) is 3. The topological polar surface area (TPSA) is 87.3 Å². The van der Waals surface area contributed by atoms with Crippen LogP contribution in [0.3, 0.4) is 0 Å². The van der Waals surface area contributed by atoms with Gasteiger partial charge in [-0.25, -0.2) is 0 Å². The molecule has 3 N–H and O–H groups in total. The first kappa shape index (κ1) is 14.7. The van der Waals surface area contributed by atoms with E-state index >= 15 is 0 Å². The third kappa shape index (κ3) is 5.20. The van der Waals surface area contributed by atoms with Crippen molar-refractivity contribution < 1.29 is 14.4 Å². The molecule has 0 heterocycles. The van der Waals surface area contributed by atoms with Gasteiger partial charge in [-0.2, -0.15) is 0 Å². The van der Waals surface area contributed by atoms with E-state index in [4.69, 9.17) is 0 Å². The molecule has 3 amide bonds. The number of rotatable bonds is 4. The van der Waals surface area contributed by atoms with Crippen molar-refractivity contribution in [1.29, 1.82) is 0 Å². The fourth-order valence-electron chi connectivity index (χ4n) is 1.46. The molecule has 6 nitrogen and oxygen atoms in total. The van der Waals surface area contributed by atoms with Crippen molar-refractivity contribution in [2.45, 2.75) is 26.8 Å². The quantitative estimate of drug-likeness (QED) is 0.760. The molecule has 1 aromatic rings. The van der Waals surface area contributed by atoms with Crippen LogP contribution >= 0.6 is 0 Å². The standard InChI is InChI=1S/C13H17N3O3/c1-8(14-9(2)17)13(19)16-12-6-4-11(5-7-12)15-10(3)18/h4-8H,1-3H3,(H,14,17)(H,15,18)(H,16,19)/t8-/m0/s1. The van der Waals surface area contributed by atoms with Gasteiger partial charge in [-0.3, -0.25) is 14.4 Å². The van der Waals surface area contributed by atoms with Crippen molar-refractivity contribution in [3.63, 3.8) is 0 Å². The molecule has 0 aliphatic rings. The van der Waals surface area contributed by atoms with Crippen LogP contribution in [0, 0.1) is 0 Å². The van der Waals surface area contributed by atoms with E-state index in [1.165, 1.54) is 13.8 Å². The second kappa shape index (κ2) is 6.53. The van der Waals surface area contributed by atoms with Gasteiger partial charge in [-0.1, -0.05) is 0 Å². The van der Waals surface area contributed by atoms with Gasteiger partial charge in [-0.15, -0.1) is 0 Å². The van der Waals surface area contributed by atoms with Gasteiger partial charge in [0.2, 0.25) is 17.7 Å². The van der Waals surface area contributed by atoms with Crippen molar-refractivity contribution in [1.82, 2.24) is 5.32 Å². The first-order chi connectivity index (χ1) is 8.88. The molecular formula is C13H17N3O3. The predicted molar refractivity (Wildman–Crippen MR) is 72.7 cm³/mol. The molecule has 0 aliphatic heterocycles. The smallest absolute Gasteiger partial charge is 0.246 e. The van der Waals surface area contributed by atoms with Crippen molar-refractivity contribution in [2.75, 3.05) is 10.6 Å². The highest BCUT2D eigenvalue weighted by atomic mass is 16.2. The maximum atomic E-state index is 11.7. The SMILES string of the molecule is CC(=O)Nc1ccc(NC(=O)[C@H](C)NC(C)=O)cc1. The molecule has 0 radical (unpaired) electrons. The molecule has 1 rings (SSSR count). The van der Waals surface area contributed by atoms with Crippen LogP contribution < -0.4 is 16.0 Å². The molecule has 0 aromatic heterocycles. The fourth-order valence-corrected chi connectivity index (χ4v) is 1.46. The average Bonchev–Trinajstić information content (AvgIpc) is 2.30. The summed E-state index contributed by atoms with van der Waals surface area (Å²) in [6.07, 6.45) is 0. The van der Waals surface area contributed by atoms with Crippen LogP contribution in [0.15, 0.2) is 24.3 Å². The van der Waals surface area contributed by atoms with E-state index in [-0.39, 0.29) is 17.7 Å². The summed E-state index contributed by atoms with van der Waals surface area (Å²) in [5, 5.41) is 7.78. The Morgan fingerprint density at radius 2 is 1.37 bits per heavy atom. The molecule has 0 fully saturated rings. The van der Waals surface area contributed by atoms with Gasteiger partial charge < -0.3 is 16.0 Å². The van der Waals surface area contributed by atoms with E-state index in [0.717, 1.165) is 0 Å². The van der Waals surface area contributed by atoms with E-state index in [0.29, 0.717) is 11.4 Å². The summed E-state index contributed by atoms with van der Waals surface area (Å²) in [4.78, 5) is 33.4. The Morgan fingerprint density at radius 1 is 0.895 bits per heavy atom. The van der Waals surface area contributed by atoms with Crippen LogP contribution in [-0.4, -0.2) is 23.8 Å². The summed E-state index contributed by atoms with van der Waals surface area (Å²) >= 11 is 0. The number of hydrogen-bond donors (Lipinski definition) is 3. The summed E-state index contributed by atoms with van der Waals surface area (Å²) in [6.45, 7) is 4.37. The monoisotopic (exact) mass is 263 g/mol. The van der Waals surface area contributed by atoms with Crippen LogP contribution in [0.2, 0.25) is 0 Å². The largest absolute Gasteiger partial charge is 0.345 e. The van der Waals surface area contributed by atoms with Crippen LogP contribution in [0.5, 0.6) is 0 Å². The van der Waals surface area contributed by atoms with Crippen molar-refractivity contribution in [3.05, 3.63) is 24.3 Å². The Hall–Kier alpha value is -2.37. The first-order valence-electron chi connectivity index (χ1n) is 5.84. The lowest BCUT2D eigenvalue weighted by Gasteiger charge is -2.13. The fraction of sp³-hybridized carbons (Fsp3) is 0.308. The molecule has 0 saturated heterocycles. The maximum absolute atomic E-state index is 11.7. The number of carbonyl (C=O) groups is 3. The second-order valence-corrected chi connectivity index (χ2v) is 4.17. The molecule has 1 aromatic carbocycles. The molecule has 19 heavy (non-hydrogen) atoms. The lowest BCUT2D eigenvalue weighted by molar-refractivity contribution is -0.124. The molecule has 0 spiro atoms. The molecule has 0 aliphatic carbocycles. The first-order valence-corrected chi connectivity index (χ1v) is 5.84. The molecule has 0 saturated carbocycles. The normalized spacial score (nSPS) is 11.3. The van der Waals surface area contributed by atoms with E-state index in [2.05, 4.69) is 16.0 Å². The van der Waals surface area contributed by atoms with Crippen LogP contribution in [0.4, 0.5) is 11.4 Å². The predicted octanol–water partition coefficient (Wildman–Crippen LogP) is 1.11. The van der Waals surface area contributed by atoms with Gasteiger partial charge in [0.15, 0.2) is 0 Å². The Kier molecular flexibility index (Phi) is 5.05. The maximum Gasteiger partial charge on any atom is 0.246 e. The molecule has 102 valence electrons. The van der Waals surface area contributed by atoms with Gasteiger partial charge in [0.05, 0.1) is 0 Å². The van der Waals surface area contributed by atoms with Gasteiger partial charge in [0.1, 0.15) is 6.04 Å². The highest BCUT2D eigenvalue weighted by molar-refractivity contribution is 5.97. The van der Waals surface area contributed by atoms with Crippen molar-refractivity contribution in [2.24, 2.45) is 0 Å². The Labute approximate surface area is 111 Å².